The van der Waals surface area contributed by atoms with Crippen LogP contribution in [0.3, 0.4) is 0 Å². The Labute approximate surface area is 219 Å². The highest BCUT2D eigenvalue weighted by atomic mass is 16.3. The minimum atomic E-state index is -0.202. The van der Waals surface area contributed by atoms with E-state index in [0.29, 0.717) is 40.9 Å². The van der Waals surface area contributed by atoms with Crippen LogP contribution in [0.1, 0.15) is 118 Å². The number of fused-ring (bicyclic) bond motifs is 5. The molecule has 0 saturated heterocycles. The lowest BCUT2D eigenvalue weighted by Crippen LogP contribution is -2.62. The molecule has 4 aliphatic rings. The highest BCUT2D eigenvalue weighted by molar-refractivity contribution is 5.13. The standard InChI is InChI=1S/C31H53N3O2/c1-8-20-24-17-19(35)13-15-31(24,7)23-14-16-30(6)21(10-11-22(30)26(23)27(20)36)18(2)9-12-25-32-28(34-33-25)29(3,4)5/h18-24,26-27,35-36H,8-17H2,1-7H3,(H,32,33,34)/t18-,19-,20-,21-,22+,23+,24?,26+,27-,30-,31-/m1/s1. The monoisotopic (exact) mass is 499 g/mol. The van der Waals surface area contributed by atoms with E-state index in [9.17, 15) is 10.2 Å². The van der Waals surface area contributed by atoms with E-state index in [4.69, 9.17) is 4.98 Å². The number of aryl methyl sites for hydroxylation is 1. The van der Waals surface area contributed by atoms with E-state index in [2.05, 4.69) is 58.7 Å². The first kappa shape index (κ1) is 26.7. The molecule has 4 saturated carbocycles. The maximum absolute atomic E-state index is 11.9. The third kappa shape index (κ3) is 4.19. The van der Waals surface area contributed by atoms with E-state index in [1.54, 1.807) is 0 Å². The maximum Gasteiger partial charge on any atom is 0.155 e. The first-order valence-corrected chi connectivity index (χ1v) is 15.2. The van der Waals surface area contributed by atoms with Gasteiger partial charge in [0, 0.05) is 11.8 Å². The van der Waals surface area contributed by atoms with Gasteiger partial charge in [-0.25, -0.2) is 4.98 Å². The first-order valence-electron chi connectivity index (χ1n) is 15.2. The van der Waals surface area contributed by atoms with E-state index in [0.717, 1.165) is 56.1 Å². The van der Waals surface area contributed by atoms with Crippen LogP contribution in [0.4, 0.5) is 0 Å². The number of aliphatic hydroxyl groups excluding tert-OH is 2. The SMILES string of the molecule is CC[C@@H]1C2C[C@H](O)CC[C@]2(C)[C@H]2CC[C@]3(C)[C@@H]([C@H](C)CCc4nc(C(C)(C)C)n[nH]4)CC[C@H]3[C@@H]2[C@@H]1O. The van der Waals surface area contributed by atoms with E-state index < -0.39 is 0 Å². The van der Waals surface area contributed by atoms with Crippen LogP contribution in [-0.4, -0.2) is 37.6 Å². The molecule has 0 radical (unpaired) electrons. The number of nitrogens with one attached hydrogen (secondary N) is 1. The average molecular weight is 500 g/mol. The average Bonchev–Trinajstić information content (AvgIpc) is 3.43. The summed E-state index contributed by atoms with van der Waals surface area (Å²) in [6.45, 7) is 16.4. The molecule has 0 amide bonds. The predicted molar refractivity (Wildman–Crippen MR) is 144 cm³/mol. The summed E-state index contributed by atoms with van der Waals surface area (Å²) in [5, 5.41) is 30.1. The van der Waals surface area contributed by atoms with Gasteiger partial charge in [-0.15, -0.1) is 0 Å². The van der Waals surface area contributed by atoms with Crippen LogP contribution in [0.2, 0.25) is 0 Å². The van der Waals surface area contributed by atoms with Crippen LogP contribution in [0.25, 0.3) is 0 Å². The summed E-state index contributed by atoms with van der Waals surface area (Å²) in [5.74, 6) is 5.81. The molecule has 11 atom stereocenters. The second-order valence-electron chi connectivity index (χ2n) is 15.0. The molecule has 1 aromatic heterocycles. The van der Waals surface area contributed by atoms with Crippen LogP contribution < -0.4 is 0 Å². The number of aromatic amines is 1. The molecule has 5 rings (SSSR count). The third-order valence-corrected chi connectivity index (χ3v) is 12.2. The summed E-state index contributed by atoms with van der Waals surface area (Å²) in [4.78, 5) is 4.79. The molecule has 0 spiro atoms. The van der Waals surface area contributed by atoms with Crippen molar-refractivity contribution < 1.29 is 10.2 Å². The molecule has 1 unspecified atom stereocenters. The van der Waals surface area contributed by atoms with E-state index >= 15 is 0 Å². The van der Waals surface area contributed by atoms with Crippen molar-refractivity contribution in [3.8, 4) is 0 Å². The highest BCUT2D eigenvalue weighted by Gasteiger charge is 2.64. The number of aromatic nitrogens is 3. The normalized spacial score (nSPS) is 45.6. The molecule has 0 bridgehead atoms. The number of rotatable bonds is 5. The molecule has 204 valence electrons. The van der Waals surface area contributed by atoms with Gasteiger partial charge in [-0.1, -0.05) is 54.9 Å². The molecule has 4 fully saturated rings. The molecule has 0 aromatic carbocycles. The summed E-state index contributed by atoms with van der Waals surface area (Å²) < 4.78 is 0. The van der Waals surface area contributed by atoms with Crippen molar-refractivity contribution in [3.63, 3.8) is 0 Å². The van der Waals surface area contributed by atoms with Crippen LogP contribution in [0.15, 0.2) is 0 Å². The summed E-state index contributed by atoms with van der Waals surface area (Å²) in [6, 6.07) is 0. The minimum absolute atomic E-state index is 0.0194. The van der Waals surface area contributed by atoms with Crippen molar-refractivity contribution in [2.45, 2.75) is 130 Å². The lowest BCUT2D eigenvalue weighted by Gasteiger charge is -2.64. The fraction of sp³-hybridized carbons (Fsp3) is 0.935. The Morgan fingerprint density at radius 1 is 1.00 bits per heavy atom. The molecule has 1 aromatic rings. The van der Waals surface area contributed by atoms with E-state index in [1.807, 2.05) is 0 Å². The number of aliphatic hydroxyl groups is 2. The Morgan fingerprint density at radius 2 is 1.69 bits per heavy atom. The predicted octanol–water partition coefficient (Wildman–Crippen LogP) is 6.30. The third-order valence-electron chi connectivity index (χ3n) is 12.2. The number of hydrogen-bond acceptors (Lipinski definition) is 4. The van der Waals surface area contributed by atoms with Gasteiger partial charge in [-0.05, 0) is 104 Å². The quantitative estimate of drug-likeness (QED) is 0.444. The van der Waals surface area contributed by atoms with Gasteiger partial charge in [0.1, 0.15) is 5.82 Å². The van der Waals surface area contributed by atoms with Gasteiger partial charge < -0.3 is 10.2 Å². The highest BCUT2D eigenvalue weighted by Crippen LogP contribution is 2.69. The van der Waals surface area contributed by atoms with Gasteiger partial charge in [-0.3, -0.25) is 5.10 Å². The number of H-pyrrole nitrogens is 1. The Bertz CT molecular complexity index is 923. The smallest absolute Gasteiger partial charge is 0.155 e. The molecule has 3 N–H and O–H groups in total. The summed E-state index contributed by atoms with van der Waals surface area (Å²) in [5.41, 5.74) is 0.593. The van der Waals surface area contributed by atoms with Crippen LogP contribution in [0.5, 0.6) is 0 Å². The minimum Gasteiger partial charge on any atom is -0.393 e. The number of hydrogen-bond donors (Lipinski definition) is 3. The van der Waals surface area contributed by atoms with Crippen molar-refractivity contribution in [1.82, 2.24) is 15.2 Å². The fourth-order valence-corrected chi connectivity index (χ4v) is 10.2. The zero-order valence-corrected chi connectivity index (χ0v) is 24.1. The van der Waals surface area contributed by atoms with Gasteiger partial charge in [0.15, 0.2) is 5.82 Å². The van der Waals surface area contributed by atoms with Gasteiger partial charge in [0.2, 0.25) is 0 Å². The largest absolute Gasteiger partial charge is 0.393 e. The maximum atomic E-state index is 11.9. The van der Waals surface area contributed by atoms with Crippen LogP contribution in [0, 0.1) is 52.3 Å². The van der Waals surface area contributed by atoms with Gasteiger partial charge in [-0.2, -0.15) is 5.10 Å². The zero-order valence-electron chi connectivity index (χ0n) is 24.1. The van der Waals surface area contributed by atoms with Crippen molar-refractivity contribution in [2.75, 3.05) is 0 Å². The molecule has 0 aliphatic heterocycles. The zero-order chi connectivity index (χ0) is 26.0. The van der Waals surface area contributed by atoms with Gasteiger partial charge in [0.05, 0.1) is 12.2 Å². The molecule has 36 heavy (non-hydrogen) atoms. The van der Waals surface area contributed by atoms with Crippen molar-refractivity contribution >= 4 is 0 Å². The number of nitrogens with zero attached hydrogens (tertiary/aromatic N) is 2. The molecule has 4 aliphatic carbocycles. The van der Waals surface area contributed by atoms with Crippen molar-refractivity contribution in [2.24, 2.45) is 52.3 Å². The van der Waals surface area contributed by atoms with Gasteiger partial charge >= 0.3 is 0 Å². The van der Waals surface area contributed by atoms with Crippen LogP contribution in [-0.2, 0) is 11.8 Å². The molecule has 5 nitrogen and oxygen atoms in total. The first-order chi connectivity index (χ1) is 16.9. The molecular formula is C31H53N3O2. The Morgan fingerprint density at radius 3 is 2.36 bits per heavy atom. The summed E-state index contributed by atoms with van der Waals surface area (Å²) in [7, 11) is 0. The van der Waals surface area contributed by atoms with Crippen molar-refractivity contribution in [1.29, 1.82) is 0 Å². The van der Waals surface area contributed by atoms with E-state index in [1.165, 1.54) is 25.7 Å². The van der Waals surface area contributed by atoms with Gasteiger partial charge in [0.25, 0.3) is 0 Å². The lowest BCUT2D eigenvalue weighted by molar-refractivity contribution is -0.203. The van der Waals surface area contributed by atoms with E-state index in [-0.39, 0.29) is 23.0 Å². The topological polar surface area (TPSA) is 82.0 Å². The molecular weight excluding hydrogens is 446 g/mol. The summed E-state index contributed by atoms with van der Waals surface area (Å²) in [6.07, 6.45) is 10.9. The molecule has 5 heteroatoms. The Balaban J connectivity index is 1.33. The fourth-order valence-electron chi connectivity index (χ4n) is 10.2. The summed E-state index contributed by atoms with van der Waals surface area (Å²) >= 11 is 0. The lowest BCUT2D eigenvalue weighted by atomic mass is 9.41. The Hall–Kier alpha value is -0.940. The van der Waals surface area contributed by atoms with Crippen LogP contribution >= 0.6 is 0 Å². The second kappa shape index (κ2) is 9.36. The second-order valence-corrected chi connectivity index (χ2v) is 15.0. The Kier molecular flexibility index (Phi) is 6.93. The van der Waals surface area contributed by atoms with Crippen molar-refractivity contribution in [3.05, 3.63) is 11.6 Å². The molecule has 1 heterocycles.